The molecule has 0 spiro atoms. The van der Waals surface area contributed by atoms with Crippen molar-refractivity contribution in [1.82, 2.24) is 4.90 Å². The summed E-state index contributed by atoms with van der Waals surface area (Å²) in [6.07, 6.45) is 0. The number of nitrogens with one attached hydrogen (secondary N) is 1. The Morgan fingerprint density at radius 2 is 1.68 bits per heavy atom. The molecule has 2 aromatic carbocycles. The maximum atomic E-state index is 11.7. The lowest BCUT2D eigenvalue weighted by Crippen LogP contribution is -2.50. The number of benzene rings is 2. The first kappa shape index (κ1) is 19.9. The van der Waals surface area contributed by atoms with Crippen molar-refractivity contribution >= 4 is 34.7 Å². The largest absolute Gasteiger partial charge is 0.497 e. The van der Waals surface area contributed by atoms with E-state index in [1.54, 1.807) is 26.2 Å². The van der Waals surface area contributed by atoms with Gasteiger partial charge >= 0.3 is 5.97 Å². The molecule has 1 aliphatic heterocycles. The zero-order valence-corrected chi connectivity index (χ0v) is 17.0. The molecule has 0 aliphatic carbocycles. The van der Waals surface area contributed by atoms with Gasteiger partial charge in [0.2, 0.25) is 0 Å². The summed E-state index contributed by atoms with van der Waals surface area (Å²) in [7, 11) is 1.67. The van der Waals surface area contributed by atoms with E-state index in [1.807, 2.05) is 24.3 Å². The molecule has 0 aromatic heterocycles. The Labute approximate surface area is 171 Å². The van der Waals surface area contributed by atoms with Crippen molar-refractivity contribution in [2.45, 2.75) is 6.92 Å². The molecule has 2 aromatic rings. The Balaban J connectivity index is 1.51. The second-order valence-corrected chi connectivity index (χ2v) is 6.79. The zero-order chi connectivity index (χ0) is 19.9. The Morgan fingerprint density at radius 1 is 1.04 bits per heavy atom. The molecular weight excluding hydrogens is 374 g/mol. The number of rotatable bonds is 5. The van der Waals surface area contributed by atoms with E-state index in [-0.39, 0.29) is 5.97 Å². The number of hydrogen-bond acceptors (Lipinski definition) is 5. The Morgan fingerprint density at radius 3 is 2.25 bits per heavy atom. The number of methoxy groups -OCH3 is 1. The van der Waals surface area contributed by atoms with Gasteiger partial charge in [-0.15, -0.1) is 0 Å². The lowest BCUT2D eigenvalue weighted by Gasteiger charge is -2.37. The first-order valence-electron chi connectivity index (χ1n) is 9.33. The zero-order valence-electron chi connectivity index (χ0n) is 16.2. The van der Waals surface area contributed by atoms with Crippen molar-refractivity contribution in [2.24, 2.45) is 0 Å². The number of thiocarbonyl (C=S) groups is 1. The quantitative estimate of drug-likeness (QED) is 0.611. The van der Waals surface area contributed by atoms with E-state index in [0.717, 1.165) is 37.6 Å². The number of carbonyl (C=O) groups excluding carboxylic acids is 1. The predicted molar refractivity (Wildman–Crippen MR) is 115 cm³/mol. The maximum Gasteiger partial charge on any atom is 0.338 e. The van der Waals surface area contributed by atoms with Gasteiger partial charge in [0.1, 0.15) is 5.75 Å². The van der Waals surface area contributed by atoms with Crippen LogP contribution in [0.2, 0.25) is 0 Å². The molecule has 1 fully saturated rings. The molecule has 0 amide bonds. The summed E-state index contributed by atoms with van der Waals surface area (Å²) in [6.45, 7) is 5.65. The van der Waals surface area contributed by atoms with E-state index in [4.69, 9.17) is 21.7 Å². The van der Waals surface area contributed by atoms with Crippen molar-refractivity contribution in [3.05, 3.63) is 54.1 Å². The number of nitrogens with zero attached hydrogens (tertiary/aromatic N) is 2. The molecule has 0 radical (unpaired) electrons. The van der Waals surface area contributed by atoms with Crippen molar-refractivity contribution in [3.8, 4) is 5.75 Å². The van der Waals surface area contributed by atoms with E-state index in [9.17, 15) is 4.79 Å². The van der Waals surface area contributed by atoms with Crippen LogP contribution in [-0.2, 0) is 4.74 Å². The number of piperazine rings is 1. The van der Waals surface area contributed by atoms with E-state index in [2.05, 4.69) is 27.2 Å². The molecule has 3 rings (SSSR count). The fourth-order valence-electron chi connectivity index (χ4n) is 3.07. The minimum absolute atomic E-state index is 0.314. The summed E-state index contributed by atoms with van der Waals surface area (Å²) in [5, 5.41) is 3.94. The standard InChI is InChI=1S/C21H25N3O3S/c1-3-27-20(25)16-4-6-17(7-5-16)22-21(28)24-14-12-23(13-15-24)18-8-10-19(26-2)11-9-18/h4-11H,3,12-15H2,1-2H3,(H,22,28). The molecule has 1 heterocycles. The minimum atomic E-state index is -0.314. The summed E-state index contributed by atoms with van der Waals surface area (Å²) >= 11 is 5.56. The normalized spacial score (nSPS) is 13.8. The Kier molecular flexibility index (Phi) is 6.71. The lowest BCUT2D eigenvalue weighted by atomic mass is 10.2. The van der Waals surface area contributed by atoms with Crippen LogP contribution in [-0.4, -0.2) is 55.9 Å². The third-order valence-electron chi connectivity index (χ3n) is 4.65. The topological polar surface area (TPSA) is 54.0 Å². The van der Waals surface area contributed by atoms with Crippen LogP contribution in [0.1, 0.15) is 17.3 Å². The smallest absolute Gasteiger partial charge is 0.338 e. The molecule has 148 valence electrons. The molecular formula is C21H25N3O3S. The minimum Gasteiger partial charge on any atom is -0.497 e. The monoisotopic (exact) mass is 399 g/mol. The van der Waals surface area contributed by atoms with Gasteiger partial charge in [-0.1, -0.05) is 0 Å². The lowest BCUT2D eigenvalue weighted by molar-refractivity contribution is 0.0526. The van der Waals surface area contributed by atoms with Crippen LogP contribution in [0.25, 0.3) is 0 Å². The fourth-order valence-corrected chi connectivity index (χ4v) is 3.37. The molecule has 6 nitrogen and oxygen atoms in total. The third-order valence-corrected chi connectivity index (χ3v) is 5.01. The van der Waals surface area contributed by atoms with Gasteiger partial charge < -0.3 is 24.6 Å². The number of esters is 1. The van der Waals surface area contributed by atoms with Crippen molar-refractivity contribution in [2.75, 3.05) is 50.1 Å². The molecule has 1 N–H and O–H groups in total. The highest BCUT2D eigenvalue weighted by Gasteiger charge is 2.19. The first-order chi connectivity index (χ1) is 13.6. The number of hydrogen-bond donors (Lipinski definition) is 1. The van der Waals surface area contributed by atoms with Gasteiger partial charge in [-0.3, -0.25) is 0 Å². The Hall–Kier alpha value is -2.80. The van der Waals surface area contributed by atoms with Gasteiger partial charge in [0, 0.05) is 37.6 Å². The third kappa shape index (κ3) is 4.92. The van der Waals surface area contributed by atoms with Gasteiger partial charge in [-0.05, 0) is 67.7 Å². The van der Waals surface area contributed by atoms with Crippen molar-refractivity contribution in [3.63, 3.8) is 0 Å². The van der Waals surface area contributed by atoms with Gasteiger partial charge in [-0.2, -0.15) is 0 Å². The number of ether oxygens (including phenoxy) is 2. The van der Waals surface area contributed by atoms with E-state index < -0.39 is 0 Å². The molecule has 28 heavy (non-hydrogen) atoms. The number of anilines is 2. The average Bonchev–Trinajstić information content (AvgIpc) is 2.74. The summed E-state index contributed by atoms with van der Waals surface area (Å²) in [5.74, 6) is 0.549. The first-order valence-corrected chi connectivity index (χ1v) is 9.73. The maximum absolute atomic E-state index is 11.7. The van der Waals surface area contributed by atoms with Gasteiger partial charge in [-0.25, -0.2) is 4.79 Å². The summed E-state index contributed by atoms with van der Waals surface area (Å²) in [4.78, 5) is 16.2. The fraction of sp³-hybridized carbons (Fsp3) is 0.333. The molecule has 0 bridgehead atoms. The number of carbonyl (C=O) groups is 1. The summed E-state index contributed by atoms with van der Waals surface area (Å²) in [6, 6.07) is 15.3. The highest BCUT2D eigenvalue weighted by Crippen LogP contribution is 2.21. The summed E-state index contributed by atoms with van der Waals surface area (Å²) in [5.41, 5.74) is 2.58. The van der Waals surface area contributed by atoms with Gasteiger partial charge in [0.15, 0.2) is 5.11 Å². The van der Waals surface area contributed by atoms with Crippen LogP contribution >= 0.6 is 12.2 Å². The van der Waals surface area contributed by atoms with Crippen LogP contribution < -0.4 is 15.0 Å². The highest BCUT2D eigenvalue weighted by molar-refractivity contribution is 7.80. The SMILES string of the molecule is CCOC(=O)c1ccc(NC(=S)N2CCN(c3ccc(OC)cc3)CC2)cc1. The molecule has 0 atom stereocenters. The van der Waals surface area contributed by atoms with Gasteiger partial charge in [0.25, 0.3) is 0 Å². The van der Waals surface area contributed by atoms with E-state index >= 15 is 0 Å². The predicted octanol–water partition coefficient (Wildman–Crippen LogP) is 3.39. The van der Waals surface area contributed by atoms with Crippen LogP contribution in [0.15, 0.2) is 48.5 Å². The highest BCUT2D eigenvalue weighted by atomic mass is 32.1. The second kappa shape index (κ2) is 9.41. The van der Waals surface area contributed by atoms with Crippen LogP contribution in [0, 0.1) is 0 Å². The average molecular weight is 400 g/mol. The van der Waals surface area contributed by atoms with Crippen LogP contribution in [0.3, 0.4) is 0 Å². The molecule has 1 saturated heterocycles. The molecule has 7 heteroatoms. The van der Waals surface area contributed by atoms with Gasteiger partial charge in [0.05, 0.1) is 19.3 Å². The molecule has 0 unspecified atom stereocenters. The molecule has 1 aliphatic rings. The van der Waals surface area contributed by atoms with E-state index in [1.165, 1.54) is 5.69 Å². The summed E-state index contributed by atoms with van der Waals surface area (Å²) < 4.78 is 10.2. The van der Waals surface area contributed by atoms with Crippen LogP contribution in [0.4, 0.5) is 11.4 Å². The second-order valence-electron chi connectivity index (χ2n) is 6.40. The molecule has 0 saturated carbocycles. The Bertz CT molecular complexity index is 801. The van der Waals surface area contributed by atoms with Crippen LogP contribution in [0.5, 0.6) is 5.75 Å². The van der Waals surface area contributed by atoms with E-state index in [0.29, 0.717) is 17.3 Å². The van der Waals surface area contributed by atoms with Crippen molar-refractivity contribution in [1.29, 1.82) is 0 Å². The van der Waals surface area contributed by atoms with Crippen molar-refractivity contribution < 1.29 is 14.3 Å².